The molecule has 0 aliphatic carbocycles. The molecule has 1 heterocycles. The van der Waals surface area contributed by atoms with E-state index in [1.807, 2.05) is 0 Å². The van der Waals surface area contributed by atoms with E-state index in [1.54, 1.807) is 54.6 Å². The highest BCUT2D eigenvalue weighted by Gasteiger charge is 2.07. The molecule has 0 spiro atoms. The van der Waals surface area contributed by atoms with Crippen LogP contribution < -0.4 is 5.32 Å². The van der Waals surface area contributed by atoms with Gasteiger partial charge in [-0.05, 0) is 54.6 Å². The van der Waals surface area contributed by atoms with Gasteiger partial charge in [0, 0.05) is 27.4 Å². The predicted molar refractivity (Wildman–Crippen MR) is 108 cm³/mol. The van der Waals surface area contributed by atoms with Gasteiger partial charge in [-0.15, -0.1) is 0 Å². The molecule has 0 unspecified atom stereocenters. The van der Waals surface area contributed by atoms with Gasteiger partial charge >= 0.3 is 0 Å². The third-order valence-electron chi connectivity index (χ3n) is 3.36. The van der Waals surface area contributed by atoms with Gasteiger partial charge in [0.2, 0.25) is 5.91 Å². The zero-order valence-electron chi connectivity index (χ0n) is 13.1. The third kappa shape index (κ3) is 4.83. The largest absolute Gasteiger partial charge is 0.457 e. The maximum Gasteiger partial charge on any atom is 0.248 e. The van der Waals surface area contributed by atoms with Crippen LogP contribution in [0.2, 0.25) is 20.1 Å². The molecular weight excluding hydrogens is 416 g/mol. The number of anilines is 1. The molecule has 0 saturated heterocycles. The van der Waals surface area contributed by atoms with E-state index >= 15 is 0 Å². The van der Waals surface area contributed by atoms with Gasteiger partial charge in [-0.25, -0.2) is 0 Å². The molecule has 0 aliphatic heterocycles. The average molecular weight is 427 g/mol. The number of hydrogen-bond acceptors (Lipinski definition) is 2. The summed E-state index contributed by atoms with van der Waals surface area (Å²) in [5.74, 6) is 0.784. The van der Waals surface area contributed by atoms with E-state index in [2.05, 4.69) is 5.32 Å². The Bertz CT molecular complexity index is 975. The van der Waals surface area contributed by atoms with Crippen molar-refractivity contribution in [2.75, 3.05) is 5.32 Å². The summed E-state index contributed by atoms with van der Waals surface area (Å²) in [6.45, 7) is 0. The quantitative estimate of drug-likeness (QED) is 0.447. The van der Waals surface area contributed by atoms with E-state index in [1.165, 1.54) is 6.08 Å². The number of amides is 1. The highest BCUT2D eigenvalue weighted by molar-refractivity contribution is 6.42. The molecule has 3 aromatic rings. The molecule has 26 heavy (non-hydrogen) atoms. The zero-order chi connectivity index (χ0) is 18.7. The molecule has 0 radical (unpaired) electrons. The molecule has 0 fully saturated rings. The molecule has 132 valence electrons. The number of rotatable bonds is 4. The van der Waals surface area contributed by atoms with Crippen LogP contribution in [0, 0.1) is 0 Å². The Labute approximate surface area is 170 Å². The number of hydrogen-bond donors (Lipinski definition) is 1. The summed E-state index contributed by atoms with van der Waals surface area (Å²) in [5, 5.41) is 4.51. The summed E-state index contributed by atoms with van der Waals surface area (Å²) in [4.78, 5) is 12.0. The second kappa shape index (κ2) is 8.19. The van der Waals surface area contributed by atoms with Crippen LogP contribution >= 0.6 is 46.4 Å². The van der Waals surface area contributed by atoms with Gasteiger partial charge in [-0.2, -0.15) is 0 Å². The number of nitrogens with one attached hydrogen (secondary N) is 1. The fraction of sp³-hybridized carbons (Fsp3) is 0. The fourth-order valence-electron chi connectivity index (χ4n) is 2.21. The minimum absolute atomic E-state index is 0.327. The van der Waals surface area contributed by atoms with Crippen LogP contribution in [0.4, 0.5) is 5.69 Å². The van der Waals surface area contributed by atoms with Crippen LogP contribution in [-0.2, 0) is 4.79 Å². The van der Waals surface area contributed by atoms with Crippen molar-refractivity contribution in [2.45, 2.75) is 0 Å². The average Bonchev–Trinajstić information content (AvgIpc) is 3.05. The second-order valence-electron chi connectivity index (χ2n) is 5.31. The first-order chi connectivity index (χ1) is 12.4. The van der Waals surface area contributed by atoms with Gasteiger partial charge in [0.25, 0.3) is 0 Å². The lowest BCUT2D eigenvalue weighted by Crippen LogP contribution is -2.07. The molecule has 3 rings (SSSR count). The highest BCUT2D eigenvalue weighted by Crippen LogP contribution is 2.29. The molecule has 2 aromatic carbocycles. The number of benzene rings is 2. The lowest BCUT2D eigenvalue weighted by atomic mass is 10.2. The number of halogens is 4. The Morgan fingerprint density at radius 2 is 1.62 bits per heavy atom. The van der Waals surface area contributed by atoms with E-state index in [9.17, 15) is 4.79 Å². The van der Waals surface area contributed by atoms with Gasteiger partial charge in [0.05, 0.1) is 10.0 Å². The molecule has 1 aromatic heterocycles. The van der Waals surface area contributed by atoms with Crippen LogP contribution in [0.1, 0.15) is 5.76 Å². The number of carbonyl (C=O) groups is 1. The first-order valence-electron chi connectivity index (χ1n) is 7.41. The van der Waals surface area contributed by atoms with Crippen molar-refractivity contribution >= 4 is 64.1 Å². The first kappa shape index (κ1) is 18.9. The van der Waals surface area contributed by atoms with E-state index in [0.29, 0.717) is 37.3 Å². The van der Waals surface area contributed by atoms with Crippen LogP contribution in [0.15, 0.2) is 59.0 Å². The summed E-state index contributed by atoms with van der Waals surface area (Å²) < 4.78 is 5.69. The topological polar surface area (TPSA) is 42.2 Å². The summed E-state index contributed by atoms with van der Waals surface area (Å²) in [5.41, 5.74) is 1.30. The van der Waals surface area contributed by atoms with E-state index in [4.69, 9.17) is 50.8 Å². The molecular formula is C19H11Cl4NO2. The summed E-state index contributed by atoms with van der Waals surface area (Å²) >= 11 is 23.8. The molecule has 0 bridgehead atoms. The molecule has 1 amide bonds. The van der Waals surface area contributed by atoms with Crippen molar-refractivity contribution in [3.8, 4) is 11.3 Å². The molecule has 1 N–H and O–H groups in total. The normalized spacial score (nSPS) is 11.1. The minimum Gasteiger partial charge on any atom is -0.457 e. The maximum atomic E-state index is 12.0. The van der Waals surface area contributed by atoms with Crippen LogP contribution in [0.5, 0.6) is 0 Å². The third-order valence-corrected chi connectivity index (χ3v) is 4.54. The minimum atomic E-state index is -0.327. The lowest BCUT2D eigenvalue weighted by molar-refractivity contribution is -0.111. The Morgan fingerprint density at radius 1 is 0.885 bits per heavy atom. The maximum absolute atomic E-state index is 12.0. The fourth-order valence-corrected chi connectivity index (χ4v) is 3.03. The highest BCUT2D eigenvalue weighted by atomic mass is 35.5. The van der Waals surface area contributed by atoms with Gasteiger partial charge in [-0.3, -0.25) is 4.79 Å². The van der Waals surface area contributed by atoms with Crippen molar-refractivity contribution in [1.29, 1.82) is 0 Å². The lowest BCUT2D eigenvalue weighted by Gasteiger charge is -2.03. The molecule has 0 atom stereocenters. The Hall–Kier alpha value is -1.91. The van der Waals surface area contributed by atoms with Crippen LogP contribution in [0.3, 0.4) is 0 Å². The van der Waals surface area contributed by atoms with Crippen molar-refractivity contribution in [3.05, 3.63) is 80.5 Å². The molecule has 3 nitrogen and oxygen atoms in total. The monoisotopic (exact) mass is 425 g/mol. The Morgan fingerprint density at radius 3 is 2.31 bits per heavy atom. The van der Waals surface area contributed by atoms with Crippen molar-refractivity contribution in [2.24, 2.45) is 0 Å². The van der Waals surface area contributed by atoms with Crippen molar-refractivity contribution < 1.29 is 9.21 Å². The van der Waals surface area contributed by atoms with Gasteiger partial charge in [0.1, 0.15) is 11.5 Å². The second-order valence-corrected chi connectivity index (χ2v) is 7.00. The van der Waals surface area contributed by atoms with E-state index in [-0.39, 0.29) is 5.91 Å². The SMILES string of the molecule is O=C(/C=C/c1ccc(-c2cc(Cl)cc(Cl)c2)o1)Nc1ccc(Cl)c(Cl)c1. The summed E-state index contributed by atoms with van der Waals surface area (Å²) in [6, 6.07) is 13.5. The van der Waals surface area contributed by atoms with E-state index in [0.717, 1.165) is 5.56 Å². The van der Waals surface area contributed by atoms with Gasteiger partial charge in [0.15, 0.2) is 0 Å². The molecule has 7 heteroatoms. The first-order valence-corrected chi connectivity index (χ1v) is 8.92. The number of furan rings is 1. The smallest absolute Gasteiger partial charge is 0.248 e. The van der Waals surface area contributed by atoms with Gasteiger partial charge < -0.3 is 9.73 Å². The molecule has 0 saturated carbocycles. The van der Waals surface area contributed by atoms with Crippen molar-refractivity contribution in [1.82, 2.24) is 0 Å². The Balaban J connectivity index is 1.69. The van der Waals surface area contributed by atoms with Crippen LogP contribution in [-0.4, -0.2) is 5.91 Å². The Kier molecular flexibility index (Phi) is 5.94. The summed E-state index contributed by atoms with van der Waals surface area (Å²) in [7, 11) is 0. The molecule has 0 aliphatic rings. The van der Waals surface area contributed by atoms with E-state index < -0.39 is 0 Å². The standard InChI is InChI=1S/C19H11Cl4NO2/c20-12-7-11(8-13(21)9-12)18-5-2-15(26-18)3-6-19(25)24-14-1-4-16(22)17(23)10-14/h1-10H,(H,24,25)/b6-3+. The predicted octanol–water partition coefficient (Wildman–Crippen LogP) is 7.21. The summed E-state index contributed by atoms with van der Waals surface area (Å²) in [6.07, 6.45) is 2.92. The number of carbonyl (C=O) groups excluding carboxylic acids is 1. The zero-order valence-corrected chi connectivity index (χ0v) is 16.1. The van der Waals surface area contributed by atoms with Crippen LogP contribution in [0.25, 0.3) is 17.4 Å². The van der Waals surface area contributed by atoms with Gasteiger partial charge in [-0.1, -0.05) is 46.4 Å². The van der Waals surface area contributed by atoms with Crippen molar-refractivity contribution in [3.63, 3.8) is 0 Å².